The van der Waals surface area contributed by atoms with E-state index in [4.69, 9.17) is 4.74 Å². The molecule has 0 heterocycles. The lowest BCUT2D eigenvalue weighted by Gasteiger charge is -2.14. The fourth-order valence-electron chi connectivity index (χ4n) is 2.52. The highest BCUT2D eigenvalue weighted by molar-refractivity contribution is 6.60. The summed E-state index contributed by atoms with van der Waals surface area (Å²) in [6, 6.07) is 7.70. The van der Waals surface area contributed by atoms with Crippen LogP contribution in [0.3, 0.4) is 0 Å². The number of rotatable bonds is 5. The Balaban J connectivity index is 2.32. The van der Waals surface area contributed by atoms with Gasteiger partial charge in [-0.15, -0.1) is 0 Å². The Hall–Kier alpha value is -2.64. The molecule has 124 valence electrons. The van der Waals surface area contributed by atoms with Gasteiger partial charge in [0.1, 0.15) is 12.0 Å². The van der Waals surface area contributed by atoms with Gasteiger partial charge in [0.15, 0.2) is 0 Å². The van der Waals surface area contributed by atoms with Crippen LogP contribution in [0.15, 0.2) is 30.3 Å². The molecule has 0 radical (unpaired) electrons. The van der Waals surface area contributed by atoms with Crippen molar-refractivity contribution in [3.8, 4) is 5.75 Å². The van der Waals surface area contributed by atoms with E-state index in [1.807, 2.05) is 19.9 Å². The normalized spacial score (nSPS) is 10.2. The molecular weight excluding hydrogens is 309 g/mol. The molecule has 2 aromatic carbocycles. The number of carbonyl (C=O) groups excluding carboxylic acids is 2. The van der Waals surface area contributed by atoms with Crippen LogP contribution in [-0.4, -0.2) is 36.5 Å². The van der Waals surface area contributed by atoms with E-state index in [9.17, 15) is 19.6 Å². The van der Waals surface area contributed by atoms with Crippen molar-refractivity contribution >= 4 is 30.5 Å². The lowest BCUT2D eigenvalue weighted by Crippen LogP contribution is -2.33. The second-order valence-corrected chi connectivity index (χ2v) is 5.38. The zero-order valence-electron chi connectivity index (χ0n) is 13.7. The maximum absolute atomic E-state index is 12.4. The van der Waals surface area contributed by atoms with Crippen LogP contribution < -0.4 is 15.5 Å². The van der Waals surface area contributed by atoms with E-state index in [1.165, 1.54) is 18.2 Å². The van der Waals surface area contributed by atoms with Crippen molar-refractivity contribution in [2.24, 2.45) is 0 Å². The predicted molar refractivity (Wildman–Crippen MR) is 92.1 cm³/mol. The van der Waals surface area contributed by atoms with Crippen LogP contribution in [0.2, 0.25) is 0 Å². The molecule has 0 aliphatic heterocycles. The molecule has 0 fully saturated rings. The summed E-state index contributed by atoms with van der Waals surface area (Å²) in [5.74, 6) is 0.284. The largest absolute Gasteiger partial charge is 0.496 e. The SMILES string of the molecule is COc1c(C)ccc(NC(=O)c2ccc(B(O)O)c(C=O)c2)c1C. The van der Waals surface area contributed by atoms with Crippen molar-refractivity contribution < 1.29 is 24.4 Å². The number of ether oxygens (including phenoxy) is 1. The van der Waals surface area contributed by atoms with Gasteiger partial charge in [0.2, 0.25) is 0 Å². The van der Waals surface area contributed by atoms with Crippen LogP contribution in [0, 0.1) is 13.8 Å². The molecule has 0 saturated heterocycles. The Labute approximate surface area is 140 Å². The molecule has 0 atom stereocenters. The first kappa shape index (κ1) is 17.7. The average molecular weight is 327 g/mol. The summed E-state index contributed by atoms with van der Waals surface area (Å²) >= 11 is 0. The lowest BCUT2D eigenvalue weighted by atomic mass is 9.77. The van der Waals surface area contributed by atoms with Crippen LogP contribution in [0.25, 0.3) is 0 Å². The number of nitrogens with one attached hydrogen (secondary N) is 1. The maximum Gasteiger partial charge on any atom is 0.489 e. The van der Waals surface area contributed by atoms with Crippen molar-refractivity contribution in [3.05, 3.63) is 52.6 Å². The summed E-state index contributed by atoms with van der Waals surface area (Å²) in [6.45, 7) is 3.75. The van der Waals surface area contributed by atoms with E-state index < -0.39 is 13.0 Å². The first-order valence-electron chi connectivity index (χ1n) is 7.29. The third-order valence-electron chi connectivity index (χ3n) is 3.81. The molecule has 2 aromatic rings. The van der Waals surface area contributed by atoms with Gasteiger partial charge in [-0.1, -0.05) is 12.1 Å². The van der Waals surface area contributed by atoms with Gasteiger partial charge < -0.3 is 20.1 Å². The first-order valence-corrected chi connectivity index (χ1v) is 7.29. The molecule has 1 amide bonds. The van der Waals surface area contributed by atoms with E-state index in [0.29, 0.717) is 17.7 Å². The zero-order valence-corrected chi connectivity index (χ0v) is 13.7. The minimum Gasteiger partial charge on any atom is -0.496 e. The molecule has 24 heavy (non-hydrogen) atoms. The minimum atomic E-state index is -1.77. The number of aldehydes is 1. The molecule has 0 aliphatic rings. The topological polar surface area (TPSA) is 95.9 Å². The minimum absolute atomic E-state index is 0.0507. The van der Waals surface area contributed by atoms with Gasteiger partial charge >= 0.3 is 7.12 Å². The van der Waals surface area contributed by atoms with Crippen molar-refractivity contribution in [2.75, 3.05) is 12.4 Å². The second-order valence-electron chi connectivity index (χ2n) is 5.38. The molecular formula is C17H18BNO5. The van der Waals surface area contributed by atoms with Crippen LogP contribution in [0.1, 0.15) is 31.8 Å². The highest BCUT2D eigenvalue weighted by Crippen LogP contribution is 2.29. The number of amides is 1. The first-order chi connectivity index (χ1) is 11.4. The van der Waals surface area contributed by atoms with Crippen LogP contribution in [0.4, 0.5) is 5.69 Å². The molecule has 2 rings (SSSR count). The van der Waals surface area contributed by atoms with E-state index in [1.54, 1.807) is 13.2 Å². The molecule has 0 unspecified atom stereocenters. The Morgan fingerprint density at radius 1 is 1.21 bits per heavy atom. The third-order valence-corrected chi connectivity index (χ3v) is 3.81. The molecule has 0 aliphatic carbocycles. The average Bonchev–Trinajstić information content (AvgIpc) is 2.57. The second kappa shape index (κ2) is 7.29. The monoisotopic (exact) mass is 327 g/mol. The molecule has 6 nitrogen and oxygen atoms in total. The molecule has 3 N–H and O–H groups in total. The van der Waals surface area contributed by atoms with Crippen LogP contribution in [0.5, 0.6) is 5.75 Å². The fourth-order valence-corrected chi connectivity index (χ4v) is 2.52. The van der Waals surface area contributed by atoms with Crippen molar-refractivity contribution in [2.45, 2.75) is 13.8 Å². The Morgan fingerprint density at radius 2 is 1.92 bits per heavy atom. The van der Waals surface area contributed by atoms with Crippen LogP contribution >= 0.6 is 0 Å². The van der Waals surface area contributed by atoms with Crippen molar-refractivity contribution in [1.29, 1.82) is 0 Å². The number of hydrogen-bond acceptors (Lipinski definition) is 5. The number of methoxy groups -OCH3 is 1. The molecule has 7 heteroatoms. The lowest BCUT2D eigenvalue weighted by molar-refractivity contribution is 0.102. The highest BCUT2D eigenvalue weighted by Gasteiger charge is 2.18. The molecule has 0 bridgehead atoms. The van der Waals surface area contributed by atoms with Crippen LogP contribution in [-0.2, 0) is 0 Å². The maximum atomic E-state index is 12.4. The van der Waals surface area contributed by atoms with Gasteiger partial charge in [-0.3, -0.25) is 9.59 Å². The quantitative estimate of drug-likeness (QED) is 0.564. The van der Waals surface area contributed by atoms with Gasteiger partial charge in [-0.2, -0.15) is 0 Å². The third kappa shape index (κ3) is 3.47. The van der Waals surface area contributed by atoms with Crippen molar-refractivity contribution in [1.82, 2.24) is 0 Å². The van der Waals surface area contributed by atoms with Gasteiger partial charge in [0.05, 0.1) is 7.11 Å². The molecule has 0 saturated carbocycles. The number of aryl methyl sites for hydroxylation is 1. The predicted octanol–water partition coefficient (Wildman–Crippen LogP) is 1.06. The number of carbonyl (C=O) groups is 2. The summed E-state index contributed by atoms with van der Waals surface area (Å²) in [5.41, 5.74) is 2.69. The highest BCUT2D eigenvalue weighted by atomic mass is 16.5. The molecule has 0 spiro atoms. The number of anilines is 1. The van der Waals surface area contributed by atoms with E-state index in [-0.39, 0.29) is 16.6 Å². The van der Waals surface area contributed by atoms with Gasteiger partial charge in [-0.25, -0.2) is 0 Å². The van der Waals surface area contributed by atoms with E-state index >= 15 is 0 Å². The number of benzene rings is 2. The van der Waals surface area contributed by atoms with Gasteiger partial charge in [0, 0.05) is 22.4 Å². The Bertz CT molecular complexity index is 789. The number of hydrogen-bond donors (Lipinski definition) is 3. The summed E-state index contributed by atoms with van der Waals surface area (Å²) < 4.78 is 5.33. The summed E-state index contributed by atoms with van der Waals surface area (Å²) in [6.07, 6.45) is 0.478. The van der Waals surface area contributed by atoms with Gasteiger partial charge in [0.25, 0.3) is 5.91 Å². The standard InChI is InChI=1S/C17H18BNO5/c1-10-4-7-15(11(2)16(10)24-3)19-17(21)12-5-6-14(18(22)23)13(8-12)9-20/h4-9,22-23H,1-3H3,(H,19,21). The van der Waals surface area contributed by atoms with Gasteiger partial charge in [-0.05, 0) is 43.1 Å². The van der Waals surface area contributed by atoms with E-state index in [2.05, 4.69) is 5.32 Å². The smallest absolute Gasteiger partial charge is 0.489 e. The Morgan fingerprint density at radius 3 is 2.50 bits per heavy atom. The molecule has 0 aromatic heterocycles. The Kier molecular flexibility index (Phi) is 5.38. The van der Waals surface area contributed by atoms with E-state index in [0.717, 1.165) is 11.1 Å². The zero-order chi connectivity index (χ0) is 17.9. The summed E-state index contributed by atoms with van der Waals surface area (Å²) in [4.78, 5) is 23.5. The summed E-state index contributed by atoms with van der Waals surface area (Å²) in [7, 11) is -0.207. The summed E-state index contributed by atoms with van der Waals surface area (Å²) in [5, 5.41) is 21.2. The fraction of sp³-hybridized carbons (Fsp3) is 0.176. The van der Waals surface area contributed by atoms with Crippen molar-refractivity contribution in [3.63, 3.8) is 0 Å².